The lowest BCUT2D eigenvalue weighted by Gasteiger charge is -2.33. The van der Waals surface area contributed by atoms with Crippen LogP contribution >= 0.6 is 24.0 Å². The maximum absolute atomic E-state index is 11.8. The van der Waals surface area contributed by atoms with E-state index >= 15 is 0 Å². The van der Waals surface area contributed by atoms with Crippen LogP contribution in [-0.4, -0.2) is 62.8 Å². The lowest BCUT2D eigenvalue weighted by Crippen LogP contribution is -2.47. The molecular formula is C19H36IN3O3. The van der Waals surface area contributed by atoms with Crippen LogP contribution in [-0.2, 0) is 14.3 Å². The molecule has 6 nitrogen and oxygen atoms in total. The van der Waals surface area contributed by atoms with Crippen molar-refractivity contribution in [2.45, 2.75) is 64.4 Å². The predicted octanol–water partition coefficient (Wildman–Crippen LogP) is 3.19. The standard InChI is InChI=1S/C19H35N3O3.HI/c1-3-24-18(23)16-10-13-22(14-11-16)19(20-2)21-12-15-25-17-8-6-4-5-7-9-17;/h16-17H,3-15H2,1-2H3,(H,20,21);1H. The van der Waals surface area contributed by atoms with Gasteiger partial charge >= 0.3 is 5.97 Å². The van der Waals surface area contributed by atoms with E-state index in [1.165, 1.54) is 38.5 Å². The molecule has 0 spiro atoms. The van der Waals surface area contributed by atoms with Gasteiger partial charge in [0.05, 0.1) is 25.2 Å². The molecule has 0 aromatic carbocycles. The highest BCUT2D eigenvalue weighted by Crippen LogP contribution is 2.20. The summed E-state index contributed by atoms with van der Waals surface area (Å²) in [5.74, 6) is 0.890. The van der Waals surface area contributed by atoms with Crippen LogP contribution < -0.4 is 5.32 Å². The number of rotatable bonds is 6. The summed E-state index contributed by atoms with van der Waals surface area (Å²) in [6.07, 6.45) is 9.82. The number of carbonyl (C=O) groups excluding carboxylic acids is 1. The summed E-state index contributed by atoms with van der Waals surface area (Å²) >= 11 is 0. The van der Waals surface area contributed by atoms with Crippen molar-refractivity contribution in [2.24, 2.45) is 10.9 Å². The first-order valence-corrected chi connectivity index (χ1v) is 9.98. The number of nitrogens with one attached hydrogen (secondary N) is 1. The molecule has 0 aromatic rings. The van der Waals surface area contributed by atoms with Crippen molar-refractivity contribution in [1.82, 2.24) is 10.2 Å². The third kappa shape index (κ3) is 7.98. The van der Waals surface area contributed by atoms with E-state index in [-0.39, 0.29) is 35.9 Å². The number of ether oxygens (including phenoxy) is 2. The first-order valence-electron chi connectivity index (χ1n) is 9.98. The molecule has 0 amide bonds. The summed E-state index contributed by atoms with van der Waals surface area (Å²) in [5, 5.41) is 3.40. The Morgan fingerprint density at radius 1 is 1.12 bits per heavy atom. The number of carbonyl (C=O) groups is 1. The number of halogens is 1. The summed E-state index contributed by atoms with van der Waals surface area (Å²) in [5.41, 5.74) is 0. The van der Waals surface area contributed by atoms with E-state index in [9.17, 15) is 4.79 Å². The summed E-state index contributed by atoms with van der Waals surface area (Å²) in [6.45, 7) is 5.50. The fraction of sp³-hybridized carbons (Fsp3) is 0.895. The molecule has 2 fully saturated rings. The molecule has 1 aliphatic heterocycles. The zero-order valence-electron chi connectivity index (χ0n) is 16.4. The lowest BCUT2D eigenvalue weighted by atomic mass is 9.97. The average Bonchev–Trinajstić information content (AvgIpc) is 2.91. The molecule has 26 heavy (non-hydrogen) atoms. The number of esters is 1. The average molecular weight is 481 g/mol. The normalized spacial score (nSPS) is 20.2. The lowest BCUT2D eigenvalue weighted by molar-refractivity contribution is -0.149. The van der Waals surface area contributed by atoms with Crippen molar-refractivity contribution in [3.8, 4) is 0 Å². The third-order valence-electron chi connectivity index (χ3n) is 5.17. The molecule has 1 saturated heterocycles. The van der Waals surface area contributed by atoms with Crippen LogP contribution in [0.1, 0.15) is 58.3 Å². The molecule has 1 saturated carbocycles. The van der Waals surface area contributed by atoms with Crippen molar-refractivity contribution in [3.05, 3.63) is 0 Å². The van der Waals surface area contributed by atoms with Crippen LogP contribution in [0.5, 0.6) is 0 Å². The molecule has 7 heteroatoms. The Hall–Kier alpha value is -0.570. The highest BCUT2D eigenvalue weighted by Gasteiger charge is 2.27. The van der Waals surface area contributed by atoms with Crippen molar-refractivity contribution in [1.29, 1.82) is 0 Å². The summed E-state index contributed by atoms with van der Waals surface area (Å²) in [7, 11) is 1.81. The zero-order chi connectivity index (χ0) is 17.9. The van der Waals surface area contributed by atoms with E-state index in [1.54, 1.807) is 0 Å². The minimum absolute atomic E-state index is 0. The molecule has 0 atom stereocenters. The Bertz CT molecular complexity index is 418. The second-order valence-corrected chi connectivity index (χ2v) is 6.97. The molecule has 0 unspecified atom stereocenters. The highest BCUT2D eigenvalue weighted by atomic mass is 127. The van der Waals surface area contributed by atoms with E-state index in [1.807, 2.05) is 14.0 Å². The van der Waals surface area contributed by atoms with Crippen LogP contribution in [0.3, 0.4) is 0 Å². The first-order chi connectivity index (χ1) is 12.2. The van der Waals surface area contributed by atoms with Gasteiger partial charge in [-0.2, -0.15) is 0 Å². The molecule has 2 aliphatic rings. The molecule has 2 rings (SSSR count). The van der Waals surface area contributed by atoms with E-state index in [2.05, 4.69) is 15.2 Å². The number of hydrogen-bond acceptors (Lipinski definition) is 4. The van der Waals surface area contributed by atoms with Gasteiger partial charge in [-0.05, 0) is 32.6 Å². The van der Waals surface area contributed by atoms with Crippen LogP contribution in [0, 0.1) is 5.92 Å². The van der Waals surface area contributed by atoms with Crippen molar-refractivity contribution >= 4 is 35.9 Å². The molecule has 0 radical (unpaired) electrons. The van der Waals surface area contributed by atoms with E-state index in [0.717, 1.165) is 45.0 Å². The smallest absolute Gasteiger partial charge is 0.309 e. The van der Waals surface area contributed by atoms with E-state index in [0.29, 0.717) is 12.7 Å². The minimum Gasteiger partial charge on any atom is -0.466 e. The van der Waals surface area contributed by atoms with Gasteiger partial charge in [0.2, 0.25) is 0 Å². The number of guanidine groups is 1. The molecule has 1 heterocycles. The highest BCUT2D eigenvalue weighted by molar-refractivity contribution is 14.0. The van der Waals surface area contributed by atoms with Crippen molar-refractivity contribution < 1.29 is 14.3 Å². The second kappa shape index (κ2) is 13.6. The Labute approximate surface area is 175 Å². The Kier molecular flexibility index (Phi) is 12.3. The number of hydrogen-bond donors (Lipinski definition) is 1. The summed E-state index contributed by atoms with van der Waals surface area (Å²) in [4.78, 5) is 18.4. The van der Waals surface area contributed by atoms with Gasteiger partial charge in [-0.15, -0.1) is 24.0 Å². The van der Waals surface area contributed by atoms with Gasteiger partial charge in [-0.1, -0.05) is 25.7 Å². The monoisotopic (exact) mass is 481 g/mol. The summed E-state index contributed by atoms with van der Waals surface area (Å²) in [6, 6.07) is 0. The van der Waals surface area contributed by atoms with E-state index in [4.69, 9.17) is 9.47 Å². The molecule has 1 aliphatic carbocycles. The van der Waals surface area contributed by atoms with Crippen molar-refractivity contribution in [3.63, 3.8) is 0 Å². The third-order valence-corrected chi connectivity index (χ3v) is 5.17. The van der Waals surface area contributed by atoms with Crippen LogP contribution in [0.15, 0.2) is 4.99 Å². The van der Waals surface area contributed by atoms with Crippen molar-refractivity contribution in [2.75, 3.05) is 39.9 Å². The Morgan fingerprint density at radius 3 is 2.35 bits per heavy atom. The molecular weight excluding hydrogens is 445 g/mol. The quantitative estimate of drug-likeness (QED) is 0.158. The van der Waals surface area contributed by atoms with Crippen LogP contribution in [0.25, 0.3) is 0 Å². The SMILES string of the molecule is CCOC(=O)C1CCN(C(=NC)NCCOC2CCCCCC2)CC1.I. The molecule has 1 N–H and O–H groups in total. The maximum Gasteiger partial charge on any atom is 0.309 e. The summed E-state index contributed by atoms with van der Waals surface area (Å²) < 4.78 is 11.2. The fourth-order valence-electron chi connectivity index (χ4n) is 3.72. The first kappa shape index (κ1) is 23.5. The predicted molar refractivity (Wildman–Crippen MR) is 115 cm³/mol. The maximum atomic E-state index is 11.8. The van der Waals surface area contributed by atoms with Gasteiger partial charge in [0.15, 0.2) is 5.96 Å². The van der Waals surface area contributed by atoms with Gasteiger partial charge < -0.3 is 19.7 Å². The molecule has 152 valence electrons. The molecule has 0 aromatic heterocycles. The fourth-order valence-corrected chi connectivity index (χ4v) is 3.72. The molecule has 0 bridgehead atoms. The van der Waals surface area contributed by atoms with Crippen LogP contribution in [0.2, 0.25) is 0 Å². The zero-order valence-corrected chi connectivity index (χ0v) is 18.7. The minimum atomic E-state index is -0.0538. The van der Waals surface area contributed by atoms with Gasteiger partial charge in [0.1, 0.15) is 0 Å². The van der Waals surface area contributed by atoms with Crippen LogP contribution in [0.4, 0.5) is 0 Å². The van der Waals surface area contributed by atoms with Gasteiger partial charge in [0, 0.05) is 26.7 Å². The number of nitrogens with zero attached hydrogens (tertiary/aromatic N) is 2. The van der Waals surface area contributed by atoms with Gasteiger partial charge in [-0.3, -0.25) is 9.79 Å². The van der Waals surface area contributed by atoms with Gasteiger partial charge in [-0.25, -0.2) is 0 Å². The Balaban J connectivity index is 0.00000338. The second-order valence-electron chi connectivity index (χ2n) is 6.97. The number of aliphatic imine (C=N–C) groups is 1. The number of likely N-dealkylation sites (tertiary alicyclic amines) is 1. The largest absolute Gasteiger partial charge is 0.466 e. The van der Waals surface area contributed by atoms with Gasteiger partial charge in [0.25, 0.3) is 0 Å². The van der Waals surface area contributed by atoms with E-state index < -0.39 is 0 Å². The number of piperidine rings is 1. The Morgan fingerprint density at radius 2 is 1.77 bits per heavy atom. The topological polar surface area (TPSA) is 63.2 Å².